The molecule has 156 valence electrons. The molecule has 0 amide bonds. The van der Waals surface area contributed by atoms with Crippen LogP contribution in [-0.2, 0) is 24.1 Å². The predicted molar refractivity (Wildman–Crippen MR) is 120 cm³/mol. The van der Waals surface area contributed by atoms with E-state index >= 15 is 0 Å². The van der Waals surface area contributed by atoms with Crippen LogP contribution in [0.3, 0.4) is 0 Å². The SMILES string of the molecule is CCc1c(C)nc(-c2ccc(C/C=C/CO)s2)nc1Nc1ccc(CC(=O)O)cc1. The highest BCUT2D eigenvalue weighted by atomic mass is 32.1. The predicted octanol–water partition coefficient (Wildman–Crippen LogP) is 4.54. The van der Waals surface area contributed by atoms with Gasteiger partial charge in [0.1, 0.15) is 5.82 Å². The molecular formula is C23H25N3O3S. The number of carboxylic acid groups (broad SMARTS) is 1. The minimum absolute atomic E-state index is 0.00541. The molecule has 1 aromatic carbocycles. The van der Waals surface area contributed by atoms with Crippen molar-refractivity contribution in [3.05, 3.63) is 70.2 Å². The number of aliphatic hydroxyl groups is 1. The monoisotopic (exact) mass is 423 g/mol. The van der Waals surface area contributed by atoms with Crippen LogP contribution in [0.15, 0.2) is 48.6 Å². The van der Waals surface area contributed by atoms with Crippen molar-refractivity contribution in [1.82, 2.24) is 9.97 Å². The number of rotatable bonds is 9. The number of hydrogen-bond donors (Lipinski definition) is 3. The largest absolute Gasteiger partial charge is 0.481 e. The second kappa shape index (κ2) is 10.1. The number of hydrogen-bond acceptors (Lipinski definition) is 6. The normalized spacial score (nSPS) is 11.2. The molecule has 3 N–H and O–H groups in total. The summed E-state index contributed by atoms with van der Waals surface area (Å²) in [4.78, 5) is 22.5. The summed E-state index contributed by atoms with van der Waals surface area (Å²) in [5.41, 5.74) is 3.59. The third-order valence-electron chi connectivity index (χ3n) is 4.61. The summed E-state index contributed by atoms with van der Waals surface area (Å²) in [6, 6.07) is 11.4. The lowest BCUT2D eigenvalue weighted by molar-refractivity contribution is -0.136. The minimum Gasteiger partial charge on any atom is -0.481 e. The zero-order valence-electron chi connectivity index (χ0n) is 17.1. The zero-order chi connectivity index (χ0) is 21.5. The van der Waals surface area contributed by atoms with Crippen LogP contribution in [0, 0.1) is 6.92 Å². The molecular weight excluding hydrogens is 398 g/mol. The van der Waals surface area contributed by atoms with E-state index < -0.39 is 5.97 Å². The van der Waals surface area contributed by atoms with Crippen LogP contribution in [-0.4, -0.2) is 32.8 Å². The Hall–Kier alpha value is -3.03. The molecule has 7 heteroatoms. The molecule has 2 heterocycles. The van der Waals surface area contributed by atoms with Crippen molar-refractivity contribution in [2.75, 3.05) is 11.9 Å². The number of aliphatic carboxylic acids is 1. The lowest BCUT2D eigenvalue weighted by Crippen LogP contribution is -2.05. The topological polar surface area (TPSA) is 95.3 Å². The zero-order valence-corrected chi connectivity index (χ0v) is 17.9. The molecule has 6 nitrogen and oxygen atoms in total. The molecule has 0 fully saturated rings. The number of aromatic nitrogens is 2. The standard InChI is InChI=1S/C23H25N3O3S/c1-3-19-15(2)24-23(20-12-11-18(30-20)6-4-5-13-27)26-22(19)25-17-9-7-16(8-10-17)14-21(28)29/h4-5,7-12,27H,3,6,13-14H2,1-2H3,(H,28,29)(H,24,25,26)/b5-4+. The second-order valence-electron chi connectivity index (χ2n) is 6.83. The first-order valence-corrected chi connectivity index (χ1v) is 10.6. The highest BCUT2D eigenvalue weighted by molar-refractivity contribution is 7.15. The maximum absolute atomic E-state index is 10.9. The molecule has 0 aliphatic heterocycles. The van der Waals surface area contributed by atoms with Crippen molar-refractivity contribution >= 4 is 28.8 Å². The van der Waals surface area contributed by atoms with Gasteiger partial charge in [-0.2, -0.15) is 0 Å². The van der Waals surface area contributed by atoms with Gasteiger partial charge in [-0.05, 0) is 49.6 Å². The van der Waals surface area contributed by atoms with Crippen molar-refractivity contribution in [3.63, 3.8) is 0 Å². The van der Waals surface area contributed by atoms with E-state index in [1.54, 1.807) is 17.4 Å². The van der Waals surface area contributed by atoms with E-state index in [4.69, 9.17) is 20.2 Å². The summed E-state index contributed by atoms with van der Waals surface area (Å²) in [7, 11) is 0. The van der Waals surface area contributed by atoms with Gasteiger partial charge >= 0.3 is 5.97 Å². The Bertz CT molecular complexity index is 1040. The summed E-state index contributed by atoms with van der Waals surface area (Å²) < 4.78 is 0. The molecule has 0 unspecified atom stereocenters. The number of aliphatic hydroxyl groups excluding tert-OH is 1. The van der Waals surface area contributed by atoms with Crippen molar-refractivity contribution in [2.24, 2.45) is 0 Å². The van der Waals surface area contributed by atoms with Crippen LogP contribution in [0.2, 0.25) is 0 Å². The van der Waals surface area contributed by atoms with E-state index in [2.05, 4.69) is 18.3 Å². The number of benzene rings is 1. The highest BCUT2D eigenvalue weighted by Gasteiger charge is 2.14. The van der Waals surface area contributed by atoms with Gasteiger partial charge < -0.3 is 15.5 Å². The van der Waals surface area contributed by atoms with Gasteiger partial charge in [0, 0.05) is 21.8 Å². The van der Waals surface area contributed by atoms with Crippen molar-refractivity contribution in [3.8, 4) is 10.7 Å². The number of anilines is 2. The Morgan fingerprint density at radius 1 is 1.13 bits per heavy atom. The van der Waals surface area contributed by atoms with Crippen LogP contribution in [0.1, 0.15) is 28.6 Å². The number of allylic oxidation sites excluding steroid dienone is 1. The summed E-state index contributed by atoms with van der Waals surface area (Å²) in [6.07, 6.45) is 5.26. The molecule has 0 aliphatic rings. The van der Waals surface area contributed by atoms with E-state index in [0.717, 1.165) is 46.0 Å². The molecule has 0 radical (unpaired) electrons. The third kappa shape index (κ3) is 5.52. The van der Waals surface area contributed by atoms with E-state index in [9.17, 15) is 4.79 Å². The van der Waals surface area contributed by atoms with Crippen LogP contribution >= 0.6 is 11.3 Å². The van der Waals surface area contributed by atoms with Gasteiger partial charge in [-0.25, -0.2) is 9.97 Å². The maximum Gasteiger partial charge on any atom is 0.307 e. The maximum atomic E-state index is 10.9. The van der Waals surface area contributed by atoms with E-state index in [0.29, 0.717) is 5.82 Å². The Kier molecular flexibility index (Phi) is 7.32. The summed E-state index contributed by atoms with van der Waals surface area (Å²) in [5, 5.41) is 21.2. The Balaban J connectivity index is 1.86. The third-order valence-corrected chi connectivity index (χ3v) is 5.72. The number of nitrogens with one attached hydrogen (secondary N) is 1. The fourth-order valence-corrected chi connectivity index (χ4v) is 4.05. The van der Waals surface area contributed by atoms with Crippen LogP contribution in [0.25, 0.3) is 10.7 Å². The van der Waals surface area contributed by atoms with Gasteiger partial charge in [-0.15, -0.1) is 11.3 Å². The quantitative estimate of drug-likeness (QED) is 0.438. The van der Waals surface area contributed by atoms with E-state index in [-0.39, 0.29) is 13.0 Å². The molecule has 2 aromatic heterocycles. The Morgan fingerprint density at radius 2 is 1.90 bits per heavy atom. The summed E-state index contributed by atoms with van der Waals surface area (Å²) in [5.74, 6) is 0.598. The first kappa shape index (κ1) is 21.7. The first-order chi connectivity index (χ1) is 14.5. The molecule has 0 aliphatic carbocycles. The molecule has 0 spiro atoms. The molecule has 30 heavy (non-hydrogen) atoms. The van der Waals surface area contributed by atoms with Crippen molar-refractivity contribution in [1.29, 1.82) is 0 Å². The Labute approximate surface area is 180 Å². The Morgan fingerprint density at radius 3 is 2.57 bits per heavy atom. The number of aryl methyl sites for hydroxylation is 1. The minimum atomic E-state index is -0.845. The second-order valence-corrected chi connectivity index (χ2v) is 8.00. The molecule has 0 atom stereocenters. The van der Waals surface area contributed by atoms with Gasteiger partial charge in [-0.3, -0.25) is 4.79 Å². The van der Waals surface area contributed by atoms with Crippen molar-refractivity contribution < 1.29 is 15.0 Å². The van der Waals surface area contributed by atoms with E-state index in [1.165, 1.54) is 4.88 Å². The summed E-state index contributed by atoms with van der Waals surface area (Å²) in [6.45, 7) is 4.11. The fraction of sp³-hybridized carbons (Fsp3) is 0.261. The number of thiophene rings is 1. The number of carbonyl (C=O) groups is 1. The van der Waals surface area contributed by atoms with E-state index in [1.807, 2.05) is 43.3 Å². The van der Waals surface area contributed by atoms with Crippen LogP contribution in [0.4, 0.5) is 11.5 Å². The highest BCUT2D eigenvalue weighted by Crippen LogP contribution is 2.30. The lowest BCUT2D eigenvalue weighted by atomic mass is 10.1. The molecule has 3 aromatic rings. The average Bonchev–Trinajstić information content (AvgIpc) is 3.18. The molecule has 0 bridgehead atoms. The fourth-order valence-electron chi connectivity index (χ4n) is 3.13. The number of nitrogens with zero attached hydrogens (tertiary/aromatic N) is 2. The number of carboxylic acids is 1. The molecule has 0 saturated carbocycles. The average molecular weight is 424 g/mol. The molecule has 0 saturated heterocycles. The van der Waals surface area contributed by atoms with Crippen LogP contribution in [0.5, 0.6) is 0 Å². The molecule has 3 rings (SSSR count). The van der Waals surface area contributed by atoms with Gasteiger partial charge in [0.25, 0.3) is 0 Å². The van der Waals surface area contributed by atoms with Gasteiger partial charge in [-0.1, -0.05) is 31.2 Å². The summed E-state index contributed by atoms with van der Waals surface area (Å²) >= 11 is 1.64. The first-order valence-electron chi connectivity index (χ1n) is 9.80. The van der Waals surface area contributed by atoms with Gasteiger partial charge in [0.05, 0.1) is 17.9 Å². The lowest BCUT2D eigenvalue weighted by Gasteiger charge is -2.14. The van der Waals surface area contributed by atoms with Crippen molar-refractivity contribution in [2.45, 2.75) is 33.1 Å². The van der Waals surface area contributed by atoms with Gasteiger partial charge in [0.2, 0.25) is 0 Å². The van der Waals surface area contributed by atoms with Crippen LogP contribution < -0.4 is 5.32 Å². The smallest absolute Gasteiger partial charge is 0.307 e. The van der Waals surface area contributed by atoms with Gasteiger partial charge in [0.15, 0.2) is 5.82 Å².